The van der Waals surface area contributed by atoms with E-state index in [4.69, 9.17) is 10.2 Å². The molecule has 6 heteroatoms. The molecule has 0 bridgehead atoms. The normalized spacial score (nSPS) is 13.7. The highest BCUT2D eigenvalue weighted by atomic mass is 16.4. The first kappa shape index (κ1) is 21.9. The van der Waals surface area contributed by atoms with E-state index in [0.29, 0.717) is 6.42 Å². The van der Waals surface area contributed by atoms with Gasteiger partial charge in [-0.05, 0) is 19.3 Å². The minimum absolute atomic E-state index is 0.0283. The van der Waals surface area contributed by atoms with Gasteiger partial charge in [-0.15, -0.1) is 0 Å². The van der Waals surface area contributed by atoms with Crippen LogP contribution < -0.4 is 5.32 Å². The summed E-state index contributed by atoms with van der Waals surface area (Å²) in [5.41, 5.74) is 0. The van der Waals surface area contributed by atoms with Gasteiger partial charge in [0.25, 0.3) is 0 Å². The monoisotopic (exact) mass is 331 g/mol. The number of hydrogen-bond acceptors (Lipinski definition) is 4. The summed E-state index contributed by atoms with van der Waals surface area (Å²) < 4.78 is 0. The Labute approximate surface area is 139 Å². The van der Waals surface area contributed by atoms with Crippen molar-refractivity contribution in [1.82, 2.24) is 5.32 Å². The molecule has 4 N–H and O–H groups in total. The fourth-order valence-electron chi connectivity index (χ4n) is 2.51. The van der Waals surface area contributed by atoms with Gasteiger partial charge in [-0.2, -0.15) is 0 Å². The van der Waals surface area contributed by atoms with Gasteiger partial charge in [-0.1, -0.05) is 58.3 Å². The van der Waals surface area contributed by atoms with Crippen LogP contribution in [0.4, 0.5) is 0 Å². The van der Waals surface area contributed by atoms with Gasteiger partial charge in [0.2, 0.25) is 0 Å². The zero-order chi connectivity index (χ0) is 17.5. The Balaban J connectivity index is 3.65. The van der Waals surface area contributed by atoms with E-state index in [-0.39, 0.29) is 12.8 Å². The Morgan fingerprint density at radius 1 is 0.870 bits per heavy atom. The van der Waals surface area contributed by atoms with Crippen LogP contribution in [0.15, 0.2) is 0 Å². The molecule has 0 rings (SSSR count). The number of hydrogen-bond donors (Lipinski definition) is 4. The molecule has 2 atom stereocenters. The molecule has 0 aromatic carbocycles. The minimum Gasteiger partial charge on any atom is -0.481 e. The standard InChI is InChI=1S/C17H33NO5/c1-2-3-4-5-6-7-8-9-10-11-15(19)18-14(17(22)23)12-13-16(20)21/h14-15,18-19H,2-13H2,1H3,(H,20,21)(H,22,23). The van der Waals surface area contributed by atoms with E-state index in [1.165, 1.54) is 38.5 Å². The van der Waals surface area contributed by atoms with Gasteiger partial charge in [0.1, 0.15) is 12.3 Å². The molecule has 0 aliphatic carbocycles. The summed E-state index contributed by atoms with van der Waals surface area (Å²) in [6, 6.07) is -1.01. The van der Waals surface area contributed by atoms with E-state index in [1.807, 2.05) is 0 Å². The van der Waals surface area contributed by atoms with E-state index in [2.05, 4.69) is 12.2 Å². The molecule has 23 heavy (non-hydrogen) atoms. The number of unbranched alkanes of at least 4 members (excludes halogenated alkanes) is 8. The van der Waals surface area contributed by atoms with Gasteiger partial charge in [0, 0.05) is 6.42 Å². The maximum Gasteiger partial charge on any atom is 0.320 e. The van der Waals surface area contributed by atoms with Crippen molar-refractivity contribution in [2.75, 3.05) is 0 Å². The van der Waals surface area contributed by atoms with Crippen LogP contribution >= 0.6 is 0 Å². The SMILES string of the molecule is CCCCCCCCCCCC(O)NC(CCC(=O)O)C(=O)O. The van der Waals surface area contributed by atoms with Gasteiger partial charge in [-0.25, -0.2) is 0 Å². The molecule has 0 aromatic heterocycles. The zero-order valence-electron chi connectivity index (χ0n) is 14.3. The first-order valence-corrected chi connectivity index (χ1v) is 8.86. The molecule has 0 radical (unpaired) electrons. The number of rotatable bonds is 16. The molecule has 0 fully saturated rings. The molecule has 0 saturated carbocycles. The Morgan fingerprint density at radius 3 is 1.87 bits per heavy atom. The summed E-state index contributed by atoms with van der Waals surface area (Å²) in [5.74, 6) is -2.16. The lowest BCUT2D eigenvalue weighted by Crippen LogP contribution is -2.43. The van der Waals surface area contributed by atoms with E-state index in [9.17, 15) is 14.7 Å². The minimum atomic E-state index is -1.13. The molecular formula is C17H33NO5. The smallest absolute Gasteiger partial charge is 0.320 e. The van der Waals surface area contributed by atoms with Crippen molar-refractivity contribution in [2.24, 2.45) is 0 Å². The molecule has 6 nitrogen and oxygen atoms in total. The molecule has 2 unspecified atom stereocenters. The number of nitrogens with one attached hydrogen (secondary N) is 1. The molecule has 0 aromatic rings. The van der Waals surface area contributed by atoms with Crippen molar-refractivity contribution in [1.29, 1.82) is 0 Å². The molecule has 0 aliphatic rings. The van der Waals surface area contributed by atoms with E-state index >= 15 is 0 Å². The van der Waals surface area contributed by atoms with Crippen molar-refractivity contribution in [3.8, 4) is 0 Å². The Hall–Kier alpha value is -1.14. The lowest BCUT2D eigenvalue weighted by Gasteiger charge is -2.18. The number of aliphatic carboxylic acids is 2. The van der Waals surface area contributed by atoms with Crippen LogP contribution in [0.2, 0.25) is 0 Å². The van der Waals surface area contributed by atoms with Crippen molar-refractivity contribution in [3.63, 3.8) is 0 Å². The third kappa shape index (κ3) is 14.2. The van der Waals surface area contributed by atoms with Gasteiger partial charge in [0.05, 0.1) is 0 Å². The second kappa shape index (κ2) is 14.5. The molecular weight excluding hydrogens is 298 g/mol. The fourth-order valence-corrected chi connectivity index (χ4v) is 2.51. The second-order valence-corrected chi connectivity index (χ2v) is 6.12. The summed E-state index contributed by atoms with van der Waals surface area (Å²) in [7, 11) is 0. The van der Waals surface area contributed by atoms with Crippen LogP contribution in [0.5, 0.6) is 0 Å². The predicted octanol–water partition coefficient (Wildman–Crippen LogP) is 3.13. The Morgan fingerprint density at radius 2 is 1.39 bits per heavy atom. The second-order valence-electron chi connectivity index (χ2n) is 6.12. The average molecular weight is 331 g/mol. The van der Waals surface area contributed by atoms with Crippen molar-refractivity contribution in [2.45, 2.75) is 96.2 Å². The highest BCUT2D eigenvalue weighted by Gasteiger charge is 2.20. The van der Waals surface area contributed by atoms with E-state index in [1.54, 1.807) is 0 Å². The topological polar surface area (TPSA) is 107 Å². The molecule has 0 heterocycles. The number of carbonyl (C=O) groups is 2. The Bertz CT molecular complexity index is 322. The van der Waals surface area contributed by atoms with Gasteiger partial charge >= 0.3 is 11.9 Å². The molecule has 0 aliphatic heterocycles. The highest BCUT2D eigenvalue weighted by Crippen LogP contribution is 2.11. The van der Waals surface area contributed by atoms with Gasteiger partial charge < -0.3 is 15.3 Å². The Kier molecular flexibility index (Phi) is 13.7. The predicted molar refractivity (Wildman–Crippen MR) is 89.3 cm³/mol. The molecule has 0 amide bonds. The first-order chi connectivity index (χ1) is 11.0. The maximum absolute atomic E-state index is 11.0. The number of carboxylic acid groups (broad SMARTS) is 2. The molecule has 136 valence electrons. The number of carboxylic acids is 2. The van der Waals surface area contributed by atoms with Crippen LogP contribution in [0.1, 0.15) is 84.0 Å². The third-order valence-corrected chi connectivity index (χ3v) is 3.92. The third-order valence-electron chi connectivity index (χ3n) is 3.92. The molecule has 0 spiro atoms. The highest BCUT2D eigenvalue weighted by molar-refractivity contribution is 5.75. The van der Waals surface area contributed by atoms with Crippen molar-refractivity contribution in [3.05, 3.63) is 0 Å². The lowest BCUT2D eigenvalue weighted by molar-refractivity contribution is -0.141. The van der Waals surface area contributed by atoms with Crippen molar-refractivity contribution < 1.29 is 24.9 Å². The van der Waals surface area contributed by atoms with Gasteiger partial charge in [0.15, 0.2) is 0 Å². The summed E-state index contributed by atoms with van der Waals surface area (Å²) in [6.45, 7) is 2.20. The zero-order valence-corrected chi connectivity index (χ0v) is 14.3. The van der Waals surface area contributed by atoms with Crippen LogP contribution in [0.25, 0.3) is 0 Å². The number of aliphatic hydroxyl groups is 1. The van der Waals surface area contributed by atoms with Crippen LogP contribution in [-0.4, -0.2) is 39.5 Å². The van der Waals surface area contributed by atoms with Crippen LogP contribution in [0, 0.1) is 0 Å². The number of aliphatic hydroxyl groups excluding tert-OH is 1. The fraction of sp³-hybridized carbons (Fsp3) is 0.882. The molecule has 0 saturated heterocycles. The summed E-state index contributed by atoms with van der Waals surface area (Å²) in [4.78, 5) is 21.5. The maximum atomic E-state index is 11.0. The van der Waals surface area contributed by atoms with E-state index in [0.717, 1.165) is 19.3 Å². The summed E-state index contributed by atoms with van der Waals surface area (Å²) in [6.07, 6.45) is 10.00. The van der Waals surface area contributed by atoms with Crippen LogP contribution in [-0.2, 0) is 9.59 Å². The van der Waals surface area contributed by atoms with Crippen molar-refractivity contribution >= 4 is 11.9 Å². The summed E-state index contributed by atoms with van der Waals surface area (Å²) in [5, 5.41) is 30.0. The first-order valence-electron chi connectivity index (χ1n) is 8.86. The summed E-state index contributed by atoms with van der Waals surface area (Å²) >= 11 is 0. The quantitative estimate of drug-likeness (QED) is 0.256. The van der Waals surface area contributed by atoms with Gasteiger partial charge in [-0.3, -0.25) is 14.9 Å². The average Bonchev–Trinajstić information content (AvgIpc) is 2.49. The largest absolute Gasteiger partial charge is 0.481 e. The van der Waals surface area contributed by atoms with E-state index < -0.39 is 24.2 Å². The van der Waals surface area contributed by atoms with Crippen LogP contribution in [0.3, 0.4) is 0 Å². The lowest BCUT2D eigenvalue weighted by atomic mass is 10.1.